The van der Waals surface area contributed by atoms with Gasteiger partial charge in [-0.25, -0.2) is 4.98 Å². The number of methoxy groups -OCH3 is 1. The monoisotopic (exact) mass is 312 g/mol. The van der Waals surface area contributed by atoms with Gasteiger partial charge in [-0.15, -0.1) is 0 Å². The zero-order valence-electron chi connectivity index (χ0n) is 12.4. The van der Waals surface area contributed by atoms with Gasteiger partial charge in [0.05, 0.1) is 32.1 Å². The summed E-state index contributed by atoms with van der Waals surface area (Å²) in [5, 5.41) is 9.00. The van der Waals surface area contributed by atoms with Crippen LogP contribution < -0.4 is 4.74 Å². The molecule has 1 aromatic heterocycles. The summed E-state index contributed by atoms with van der Waals surface area (Å²) in [6.45, 7) is 1.58. The summed E-state index contributed by atoms with van der Waals surface area (Å²) in [6.07, 6.45) is 1.27. The fraction of sp³-hybridized carbons (Fsp3) is 0.714. The Morgan fingerprint density at radius 1 is 1.23 bits per heavy atom. The second kappa shape index (κ2) is 7.30. The smallest absolute Gasteiger partial charge is 0.316 e. The summed E-state index contributed by atoms with van der Waals surface area (Å²) in [5.41, 5.74) is 0.517. The molecule has 0 saturated carbocycles. The predicted molar refractivity (Wildman–Crippen MR) is 73.5 cm³/mol. The van der Waals surface area contributed by atoms with Crippen LogP contribution in [0.25, 0.3) is 0 Å². The van der Waals surface area contributed by atoms with Gasteiger partial charge in [-0.05, 0) is 6.07 Å². The van der Waals surface area contributed by atoms with E-state index in [9.17, 15) is 0 Å². The van der Waals surface area contributed by atoms with E-state index in [-0.39, 0.29) is 37.0 Å². The summed E-state index contributed by atoms with van der Waals surface area (Å²) in [6, 6.07) is 1.86. The maximum atomic E-state index is 9.00. The first kappa shape index (κ1) is 15.6. The lowest BCUT2D eigenvalue weighted by Gasteiger charge is -2.16. The Balaban J connectivity index is 1.40. The highest BCUT2D eigenvalue weighted by Gasteiger charge is 2.48. The van der Waals surface area contributed by atoms with E-state index in [1.54, 1.807) is 19.4 Å². The summed E-state index contributed by atoms with van der Waals surface area (Å²) in [4.78, 5) is 7.99. The van der Waals surface area contributed by atoms with E-state index in [0.717, 1.165) is 0 Å². The molecule has 0 amide bonds. The molecule has 2 aliphatic heterocycles. The molecule has 0 aromatic carbocycles. The fourth-order valence-electron chi connectivity index (χ4n) is 2.64. The van der Waals surface area contributed by atoms with Gasteiger partial charge in [-0.1, -0.05) is 0 Å². The van der Waals surface area contributed by atoms with Gasteiger partial charge in [0.15, 0.2) is 0 Å². The minimum atomic E-state index is -0.143. The molecule has 2 fully saturated rings. The zero-order valence-corrected chi connectivity index (χ0v) is 12.4. The molecule has 4 atom stereocenters. The van der Waals surface area contributed by atoms with Crippen molar-refractivity contribution in [3.8, 4) is 6.01 Å². The highest BCUT2D eigenvalue weighted by atomic mass is 16.6. The SMILES string of the molecule is CO[C@@H]1CO[C@H]2[C@@H]1OC[C@H]2OCCOc1nccc(CO)n1. The molecular weight excluding hydrogens is 292 g/mol. The standard InChI is InChI=1S/C14H20N2O6/c1-18-10-7-21-13-11(8-22-12(10)13)19-4-5-20-14-15-3-2-9(6-17)16-14/h2-3,10-13,17H,4-8H2,1H3/t10-,11-,12-,13-/m1/s1. The average Bonchev–Trinajstić information content (AvgIpc) is 3.14. The molecule has 1 aromatic rings. The lowest BCUT2D eigenvalue weighted by atomic mass is 10.1. The Labute approximate surface area is 128 Å². The predicted octanol–water partition coefficient (Wildman–Crippen LogP) is -0.454. The molecule has 3 rings (SSSR count). The first-order valence-electron chi connectivity index (χ1n) is 7.25. The largest absolute Gasteiger partial charge is 0.461 e. The van der Waals surface area contributed by atoms with Crippen molar-refractivity contribution in [2.75, 3.05) is 33.5 Å². The van der Waals surface area contributed by atoms with E-state index in [1.165, 1.54) is 0 Å². The van der Waals surface area contributed by atoms with E-state index in [4.69, 9.17) is 28.8 Å². The third-order valence-corrected chi connectivity index (χ3v) is 3.76. The third kappa shape index (κ3) is 3.36. The first-order valence-corrected chi connectivity index (χ1v) is 7.25. The molecule has 22 heavy (non-hydrogen) atoms. The highest BCUT2D eigenvalue weighted by molar-refractivity contribution is 5.04. The molecule has 0 unspecified atom stereocenters. The first-order chi connectivity index (χ1) is 10.8. The van der Waals surface area contributed by atoms with Crippen LogP contribution in [-0.4, -0.2) is 73.0 Å². The van der Waals surface area contributed by atoms with Crippen LogP contribution >= 0.6 is 0 Å². The lowest BCUT2D eigenvalue weighted by molar-refractivity contribution is -0.0477. The maximum Gasteiger partial charge on any atom is 0.316 e. The summed E-state index contributed by atoms with van der Waals surface area (Å²) < 4.78 is 27.8. The van der Waals surface area contributed by atoms with Crippen molar-refractivity contribution < 1.29 is 28.8 Å². The number of aromatic nitrogens is 2. The molecule has 3 heterocycles. The molecule has 2 saturated heterocycles. The van der Waals surface area contributed by atoms with E-state index in [0.29, 0.717) is 32.1 Å². The van der Waals surface area contributed by atoms with E-state index in [1.807, 2.05) is 0 Å². The minimum Gasteiger partial charge on any atom is -0.461 e. The topological polar surface area (TPSA) is 92.2 Å². The van der Waals surface area contributed by atoms with Crippen LogP contribution in [0.4, 0.5) is 0 Å². The van der Waals surface area contributed by atoms with Crippen LogP contribution in [0.15, 0.2) is 12.3 Å². The summed E-state index contributed by atoms with van der Waals surface area (Å²) >= 11 is 0. The van der Waals surface area contributed by atoms with Gasteiger partial charge in [0.2, 0.25) is 0 Å². The molecular formula is C14H20N2O6. The lowest BCUT2D eigenvalue weighted by Crippen LogP contribution is -2.34. The van der Waals surface area contributed by atoms with Gasteiger partial charge in [-0.2, -0.15) is 4.98 Å². The molecule has 122 valence electrons. The highest BCUT2D eigenvalue weighted by Crippen LogP contribution is 2.30. The van der Waals surface area contributed by atoms with Crippen LogP contribution in [0.2, 0.25) is 0 Å². The Kier molecular flexibility index (Phi) is 5.16. The van der Waals surface area contributed by atoms with Crippen LogP contribution in [0, 0.1) is 0 Å². The van der Waals surface area contributed by atoms with Crippen LogP contribution in [0.5, 0.6) is 6.01 Å². The van der Waals surface area contributed by atoms with E-state index in [2.05, 4.69) is 9.97 Å². The van der Waals surface area contributed by atoms with Crippen molar-refractivity contribution in [1.29, 1.82) is 0 Å². The van der Waals surface area contributed by atoms with Crippen LogP contribution in [0.3, 0.4) is 0 Å². The van der Waals surface area contributed by atoms with Crippen molar-refractivity contribution >= 4 is 0 Å². The van der Waals surface area contributed by atoms with Crippen LogP contribution in [-0.2, 0) is 25.6 Å². The molecule has 2 aliphatic rings. The van der Waals surface area contributed by atoms with E-state index >= 15 is 0 Å². The fourth-order valence-corrected chi connectivity index (χ4v) is 2.64. The van der Waals surface area contributed by atoms with Crippen molar-refractivity contribution in [3.05, 3.63) is 18.0 Å². The Morgan fingerprint density at radius 2 is 2.00 bits per heavy atom. The molecule has 8 nitrogen and oxygen atoms in total. The molecule has 0 aliphatic carbocycles. The van der Waals surface area contributed by atoms with Gasteiger partial charge in [0.25, 0.3) is 0 Å². The molecule has 0 spiro atoms. The van der Waals surface area contributed by atoms with Crippen molar-refractivity contribution in [2.45, 2.75) is 31.0 Å². The number of aliphatic hydroxyl groups excluding tert-OH is 1. The number of aliphatic hydroxyl groups is 1. The quantitative estimate of drug-likeness (QED) is 0.677. The summed E-state index contributed by atoms with van der Waals surface area (Å²) in [7, 11) is 1.66. The van der Waals surface area contributed by atoms with Crippen LogP contribution in [0.1, 0.15) is 5.69 Å². The molecule has 0 radical (unpaired) electrons. The number of ether oxygens (including phenoxy) is 5. The minimum absolute atomic E-state index is 0.0236. The molecule has 8 heteroatoms. The van der Waals surface area contributed by atoms with Gasteiger partial charge in [0.1, 0.15) is 31.0 Å². The van der Waals surface area contributed by atoms with Gasteiger partial charge in [-0.3, -0.25) is 0 Å². The van der Waals surface area contributed by atoms with Crippen molar-refractivity contribution in [3.63, 3.8) is 0 Å². The number of rotatable bonds is 7. The van der Waals surface area contributed by atoms with Gasteiger partial charge in [0, 0.05) is 13.3 Å². The number of hydrogen-bond acceptors (Lipinski definition) is 8. The van der Waals surface area contributed by atoms with E-state index < -0.39 is 0 Å². The second-order valence-electron chi connectivity index (χ2n) is 5.12. The third-order valence-electron chi connectivity index (χ3n) is 3.76. The molecule has 0 bridgehead atoms. The van der Waals surface area contributed by atoms with Gasteiger partial charge < -0.3 is 28.8 Å². The Bertz CT molecular complexity index is 488. The van der Waals surface area contributed by atoms with Crippen molar-refractivity contribution in [1.82, 2.24) is 9.97 Å². The number of nitrogens with zero attached hydrogens (tertiary/aromatic N) is 2. The van der Waals surface area contributed by atoms with Crippen molar-refractivity contribution in [2.24, 2.45) is 0 Å². The number of hydrogen-bond donors (Lipinski definition) is 1. The normalized spacial score (nSPS) is 30.5. The Morgan fingerprint density at radius 3 is 2.77 bits per heavy atom. The average molecular weight is 312 g/mol. The Hall–Kier alpha value is -1.32. The maximum absolute atomic E-state index is 9.00. The summed E-state index contributed by atoms with van der Waals surface area (Å²) in [5.74, 6) is 0. The second-order valence-corrected chi connectivity index (χ2v) is 5.12. The van der Waals surface area contributed by atoms with Gasteiger partial charge >= 0.3 is 6.01 Å². The zero-order chi connectivity index (χ0) is 15.4. The number of fused-ring (bicyclic) bond motifs is 1. The molecule has 1 N–H and O–H groups in total.